The minimum absolute atomic E-state index is 0.0977. The molecule has 8 heteroatoms. The summed E-state index contributed by atoms with van der Waals surface area (Å²) in [5.74, 6) is -0.156. The fourth-order valence-electron chi connectivity index (χ4n) is 2.09. The lowest BCUT2D eigenvalue weighted by Gasteiger charge is -2.05. The molecule has 0 amide bonds. The minimum Gasteiger partial charge on any atom is -0.469 e. The highest BCUT2D eigenvalue weighted by Crippen LogP contribution is 2.21. The lowest BCUT2D eigenvalue weighted by Crippen LogP contribution is -2.00. The number of imidazole rings is 1. The summed E-state index contributed by atoms with van der Waals surface area (Å²) in [6.45, 7) is 0.777. The number of esters is 1. The highest BCUT2D eigenvalue weighted by Gasteiger charge is 2.11. The molecule has 0 aliphatic rings. The van der Waals surface area contributed by atoms with Gasteiger partial charge in [-0.05, 0) is 24.4 Å². The van der Waals surface area contributed by atoms with Gasteiger partial charge in [0.15, 0.2) is 10.8 Å². The zero-order valence-corrected chi connectivity index (χ0v) is 13.2. The number of hydrogen-bond donors (Lipinski definition) is 0. The Morgan fingerprint density at radius 3 is 2.76 bits per heavy atom. The van der Waals surface area contributed by atoms with Crippen LogP contribution in [0.3, 0.4) is 0 Å². The Balaban J connectivity index is 1.83. The highest BCUT2D eigenvalue weighted by molar-refractivity contribution is 6.35. The van der Waals surface area contributed by atoms with E-state index in [9.17, 15) is 4.79 Å². The summed E-state index contributed by atoms with van der Waals surface area (Å²) < 4.78 is 6.52. The quantitative estimate of drug-likeness (QED) is 0.337. The van der Waals surface area contributed by atoms with Crippen LogP contribution in [0.1, 0.15) is 32.1 Å². The summed E-state index contributed by atoms with van der Waals surface area (Å²) in [7, 11) is 1.41. The lowest BCUT2D eigenvalue weighted by atomic mass is 10.1. The third-order valence-electron chi connectivity index (χ3n) is 3.16. The number of hydrogen-bond acceptors (Lipinski definition) is 5. The van der Waals surface area contributed by atoms with E-state index in [4.69, 9.17) is 23.2 Å². The third kappa shape index (κ3) is 4.28. The van der Waals surface area contributed by atoms with Crippen LogP contribution in [0.5, 0.6) is 0 Å². The predicted molar refractivity (Wildman–Crippen MR) is 80.4 cm³/mol. The van der Waals surface area contributed by atoms with E-state index in [0.29, 0.717) is 22.7 Å². The number of carbonyl (C=O) groups is 1. The Morgan fingerprint density at radius 1 is 1.24 bits per heavy atom. The van der Waals surface area contributed by atoms with Crippen LogP contribution >= 0.6 is 23.2 Å². The van der Waals surface area contributed by atoms with Crippen molar-refractivity contribution in [3.63, 3.8) is 0 Å². The normalized spacial score (nSPS) is 11.0. The zero-order chi connectivity index (χ0) is 15.2. The summed E-state index contributed by atoms with van der Waals surface area (Å²) in [4.78, 5) is 23.1. The molecule has 6 nitrogen and oxygen atoms in total. The average molecular weight is 331 g/mol. The molecule has 0 aliphatic carbocycles. The molecule has 0 aliphatic heterocycles. The van der Waals surface area contributed by atoms with Crippen molar-refractivity contribution in [2.75, 3.05) is 7.11 Å². The van der Waals surface area contributed by atoms with Gasteiger partial charge in [0.1, 0.15) is 5.52 Å². The molecule has 0 spiro atoms. The topological polar surface area (TPSA) is 69.9 Å². The first-order valence-corrected chi connectivity index (χ1v) is 7.48. The van der Waals surface area contributed by atoms with Crippen LogP contribution in [0.15, 0.2) is 6.33 Å². The van der Waals surface area contributed by atoms with Gasteiger partial charge in [-0.25, -0.2) is 9.97 Å². The van der Waals surface area contributed by atoms with Gasteiger partial charge >= 0.3 is 5.97 Å². The second-order valence-corrected chi connectivity index (χ2v) is 5.33. The number of aryl methyl sites for hydroxylation is 1. The van der Waals surface area contributed by atoms with E-state index in [1.54, 1.807) is 6.33 Å². The molecular weight excluding hydrogens is 315 g/mol. The molecule has 0 aromatic carbocycles. The number of aromatic nitrogens is 4. The molecule has 114 valence electrons. The standard InChI is InChI=1S/C13H16Cl2N4O2/c1-21-9(20)6-4-2-3-5-7-19-8-16-12-10(19)11(14)17-13(15)18-12/h8H,2-7H2,1H3. The molecule has 0 atom stereocenters. The molecular formula is C13H16Cl2N4O2. The van der Waals surface area contributed by atoms with E-state index in [1.807, 2.05) is 4.57 Å². The number of fused-ring (bicyclic) bond motifs is 1. The van der Waals surface area contributed by atoms with Crippen LogP contribution in [-0.4, -0.2) is 32.6 Å². The molecule has 0 fully saturated rings. The maximum absolute atomic E-state index is 11.0. The van der Waals surface area contributed by atoms with Crippen LogP contribution in [-0.2, 0) is 16.1 Å². The van der Waals surface area contributed by atoms with Gasteiger partial charge in [-0.2, -0.15) is 4.98 Å². The average Bonchev–Trinajstić information content (AvgIpc) is 2.85. The van der Waals surface area contributed by atoms with Crippen molar-refractivity contribution in [1.82, 2.24) is 19.5 Å². The smallest absolute Gasteiger partial charge is 0.305 e. The van der Waals surface area contributed by atoms with Crippen molar-refractivity contribution in [2.24, 2.45) is 0 Å². The molecule has 21 heavy (non-hydrogen) atoms. The Hall–Kier alpha value is -1.40. The summed E-state index contributed by atoms with van der Waals surface area (Å²) in [5.41, 5.74) is 1.21. The Bertz CT molecular complexity index is 630. The first kappa shape index (κ1) is 16.0. The molecule has 0 saturated carbocycles. The molecule has 0 bridgehead atoms. The Kier molecular flexibility index (Phi) is 5.76. The number of halogens is 2. The SMILES string of the molecule is COC(=O)CCCCCCn1cnc2nc(Cl)nc(Cl)c21. The summed E-state index contributed by atoms with van der Waals surface area (Å²) in [6.07, 6.45) is 5.97. The molecule has 2 aromatic heterocycles. The molecule has 0 radical (unpaired) electrons. The van der Waals surface area contributed by atoms with Gasteiger partial charge in [0, 0.05) is 13.0 Å². The second-order valence-electron chi connectivity index (χ2n) is 4.63. The number of ether oxygens (including phenoxy) is 1. The van der Waals surface area contributed by atoms with Crippen molar-refractivity contribution in [3.8, 4) is 0 Å². The van der Waals surface area contributed by atoms with E-state index in [1.165, 1.54) is 7.11 Å². The van der Waals surface area contributed by atoms with Crippen molar-refractivity contribution >= 4 is 40.3 Å². The molecule has 2 heterocycles. The molecule has 2 aromatic rings. The van der Waals surface area contributed by atoms with Crippen molar-refractivity contribution < 1.29 is 9.53 Å². The van der Waals surface area contributed by atoms with E-state index in [-0.39, 0.29) is 11.3 Å². The zero-order valence-electron chi connectivity index (χ0n) is 11.7. The maximum atomic E-state index is 11.0. The number of nitrogens with zero attached hydrogens (tertiary/aromatic N) is 4. The first-order valence-electron chi connectivity index (χ1n) is 6.72. The number of carbonyl (C=O) groups excluding carboxylic acids is 1. The summed E-state index contributed by atoms with van der Waals surface area (Å²) in [5, 5.41) is 0.411. The van der Waals surface area contributed by atoms with E-state index in [2.05, 4.69) is 19.7 Å². The lowest BCUT2D eigenvalue weighted by molar-refractivity contribution is -0.140. The van der Waals surface area contributed by atoms with Crippen LogP contribution in [0.25, 0.3) is 11.2 Å². The maximum Gasteiger partial charge on any atom is 0.305 e. The number of rotatable bonds is 7. The third-order valence-corrected chi connectivity index (χ3v) is 3.59. The first-order chi connectivity index (χ1) is 10.1. The molecule has 2 rings (SSSR count). The van der Waals surface area contributed by atoms with Gasteiger partial charge in [-0.3, -0.25) is 4.79 Å². The monoisotopic (exact) mass is 330 g/mol. The fourth-order valence-corrected chi connectivity index (χ4v) is 2.57. The highest BCUT2D eigenvalue weighted by atomic mass is 35.5. The minimum atomic E-state index is -0.156. The number of methoxy groups -OCH3 is 1. The molecule has 0 unspecified atom stereocenters. The molecule has 0 N–H and O–H groups in total. The fraction of sp³-hybridized carbons (Fsp3) is 0.538. The van der Waals surface area contributed by atoms with E-state index >= 15 is 0 Å². The van der Waals surface area contributed by atoms with Crippen molar-refractivity contribution in [2.45, 2.75) is 38.6 Å². The van der Waals surface area contributed by atoms with Crippen molar-refractivity contribution in [3.05, 3.63) is 16.8 Å². The van der Waals surface area contributed by atoms with Gasteiger partial charge < -0.3 is 9.30 Å². The van der Waals surface area contributed by atoms with Crippen molar-refractivity contribution in [1.29, 1.82) is 0 Å². The Labute approximate surface area is 132 Å². The van der Waals surface area contributed by atoms with Crippen LogP contribution in [0.4, 0.5) is 0 Å². The summed E-state index contributed by atoms with van der Waals surface area (Å²) >= 11 is 11.8. The summed E-state index contributed by atoms with van der Waals surface area (Å²) in [6, 6.07) is 0. The van der Waals surface area contributed by atoms with Crippen LogP contribution in [0, 0.1) is 0 Å². The van der Waals surface area contributed by atoms with Gasteiger partial charge in [0.25, 0.3) is 0 Å². The van der Waals surface area contributed by atoms with Gasteiger partial charge in [-0.1, -0.05) is 24.4 Å². The van der Waals surface area contributed by atoms with Crippen LogP contribution in [0.2, 0.25) is 10.4 Å². The van der Waals surface area contributed by atoms with Gasteiger partial charge in [0.2, 0.25) is 5.28 Å². The van der Waals surface area contributed by atoms with E-state index < -0.39 is 0 Å². The Morgan fingerprint density at radius 2 is 2.00 bits per heavy atom. The van der Waals surface area contributed by atoms with E-state index in [0.717, 1.165) is 32.2 Å². The van der Waals surface area contributed by atoms with Crippen LogP contribution < -0.4 is 0 Å². The second kappa shape index (κ2) is 7.56. The van der Waals surface area contributed by atoms with Gasteiger partial charge in [0.05, 0.1) is 13.4 Å². The predicted octanol–water partition coefficient (Wildman–Crippen LogP) is 3.26. The molecule has 0 saturated heterocycles. The number of unbranched alkanes of at least 4 members (excludes halogenated alkanes) is 3. The van der Waals surface area contributed by atoms with Gasteiger partial charge in [-0.15, -0.1) is 0 Å². The largest absolute Gasteiger partial charge is 0.469 e.